The van der Waals surface area contributed by atoms with E-state index < -0.39 is 0 Å². The van der Waals surface area contributed by atoms with Crippen molar-refractivity contribution >= 4 is 11.6 Å². The summed E-state index contributed by atoms with van der Waals surface area (Å²) in [5.74, 6) is 2.55. The van der Waals surface area contributed by atoms with Crippen LogP contribution in [0.3, 0.4) is 0 Å². The monoisotopic (exact) mass is 251 g/mol. The highest BCUT2D eigenvalue weighted by Gasteiger charge is 2.00. The minimum atomic E-state index is 0.694. The van der Waals surface area contributed by atoms with Crippen LogP contribution in [0.15, 0.2) is 6.07 Å². The van der Waals surface area contributed by atoms with E-state index in [-0.39, 0.29) is 0 Å². The van der Waals surface area contributed by atoms with Crippen LogP contribution < -0.4 is 16.4 Å². The lowest BCUT2D eigenvalue weighted by atomic mass is 10.2. The number of nitrogens with one attached hydrogen (secondary N) is 2. The summed E-state index contributed by atoms with van der Waals surface area (Å²) < 4.78 is 0. The molecule has 0 aromatic carbocycles. The van der Waals surface area contributed by atoms with Gasteiger partial charge in [-0.05, 0) is 26.3 Å². The van der Waals surface area contributed by atoms with Crippen molar-refractivity contribution in [2.24, 2.45) is 5.73 Å². The zero-order valence-electron chi connectivity index (χ0n) is 11.5. The zero-order valence-corrected chi connectivity index (χ0v) is 11.5. The van der Waals surface area contributed by atoms with Gasteiger partial charge in [0.25, 0.3) is 0 Å². The number of nitrogens with zero attached hydrogens (tertiary/aromatic N) is 2. The number of rotatable bonds is 9. The molecule has 0 fully saturated rings. The van der Waals surface area contributed by atoms with Crippen LogP contribution in [0.1, 0.15) is 38.4 Å². The summed E-state index contributed by atoms with van der Waals surface area (Å²) in [4.78, 5) is 8.72. The topological polar surface area (TPSA) is 75.9 Å². The predicted molar refractivity (Wildman–Crippen MR) is 76.9 cm³/mol. The first kappa shape index (κ1) is 14.7. The molecule has 0 saturated heterocycles. The Hall–Kier alpha value is -1.36. The molecule has 1 aromatic rings. The van der Waals surface area contributed by atoms with Crippen LogP contribution in [0.2, 0.25) is 0 Å². The van der Waals surface area contributed by atoms with E-state index in [1.165, 1.54) is 19.3 Å². The number of anilines is 2. The molecule has 0 aliphatic carbocycles. The lowest BCUT2D eigenvalue weighted by Gasteiger charge is -2.09. The van der Waals surface area contributed by atoms with Gasteiger partial charge in [0.15, 0.2) is 0 Å². The van der Waals surface area contributed by atoms with E-state index in [0.717, 1.165) is 37.0 Å². The van der Waals surface area contributed by atoms with Crippen molar-refractivity contribution in [3.05, 3.63) is 11.9 Å². The number of hydrogen-bond donors (Lipinski definition) is 3. The van der Waals surface area contributed by atoms with Gasteiger partial charge in [0, 0.05) is 19.2 Å². The Morgan fingerprint density at radius 3 is 2.22 bits per heavy atom. The maximum Gasteiger partial charge on any atom is 0.131 e. The lowest BCUT2D eigenvalue weighted by Crippen LogP contribution is -2.11. The van der Waals surface area contributed by atoms with Gasteiger partial charge in [0.1, 0.15) is 17.5 Å². The third-order valence-electron chi connectivity index (χ3n) is 2.61. The fourth-order valence-corrected chi connectivity index (χ4v) is 1.66. The molecule has 0 aliphatic heterocycles. The first-order valence-electron chi connectivity index (χ1n) is 6.79. The van der Waals surface area contributed by atoms with E-state index in [4.69, 9.17) is 5.73 Å². The van der Waals surface area contributed by atoms with Crippen LogP contribution in [0.5, 0.6) is 0 Å². The second-order valence-electron chi connectivity index (χ2n) is 4.39. The molecule has 4 N–H and O–H groups in total. The lowest BCUT2D eigenvalue weighted by molar-refractivity contribution is 0.742. The molecule has 0 spiro atoms. The molecule has 18 heavy (non-hydrogen) atoms. The van der Waals surface area contributed by atoms with E-state index in [1.807, 2.05) is 13.0 Å². The third-order valence-corrected chi connectivity index (χ3v) is 2.61. The summed E-state index contributed by atoms with van der Waals surface area (Å²) >= 11 is 0. The van der Waals surface area contributed by atoms with Crippen LogP contribution in [-0.2, 0) is 0 Å². The zero-order chi connectivity index (χ0) is 13.2. The first-order chi connectivity index (χ1) is 8.76. The summed E-state index contributed by atoms with van der Waals surface area (Å²) in [6, 6.07) is 1.95. The molecule has 0 atom stereocenters. The van der Waals surface area contributed by atoms with Gasteiger partial charge in [-0.2, -0.15) is 0 Å². The molecule has 1 aromatic heterocycles. The molecule has 0 aliphatic rings. The molecule has 0 bridgehead atoms. The average molecular weight is 251 g/mol. The Kier molecular flexibility index (Phi) is 7.10. The van der Waals surface area contributed by atoms with Gasteiger partial charge in [-0.15, -0.1) is 0 Å². The second-order valence-corrected chi connectivity index (χ2v) is 4.39. The third kappa shape index (κ3) is 5.82. The van der Waals surface area contributed by atoms with E-state index in [2.05, 4.69) is 27.5 Å². The fourth-order valence-electron chi connectivity index (χ4n) is 1.66. The van der Waals surface area contributed by atoms with Gasteiger partial charge >= 0.3 is 0 Å². The number of aromatic nitrogens is 2. The molecule has 5 heteroatoms. The SMILES string of the molecule is CCCCCNc1cc(NCCCN)nc(C)n1. The van der Waals surface area contributed by atoms with Crippen LogP contribution in [0, 0.1) is 6.92 Å². The van der Waals surface area contributed by atoms with Crippen LogP contribution in [-0.4, -0.2) is 29.6 Å². The van der Waals surface area contributed by atoms with Crippen molar-refractivity contribution in [3.8, 4) is 0 Å². The summed E-state index contributed by atoms with van der Waals surface area (Å²) in [5.41, 5.74) is 5.46. The summed E-state index contributed by atoms with van der Waals surface area (Å²) in [7, 11) is 0. The van der Waals surface area contributed by atoms with Crippen LogP contribution in [0.4, 0.5) is 11.6 Å². The van der Waals surface area contributed by atoms with Crippen molar-refractivity contribution < 1.29 is 0 Å². The van der Waals surface area contributed by atoms with Crippen molar-refractivity contribution in [3.63, 3.8) is 0 Å². The van der Waals surface area contributed by atoms with E-state index in [1.54, 1.807) is 0 Å². The molecule has 0 saturated carbocycles. The highest BCUT2D eigenvalue weighted by molar-refractivity contribution is 5.47. The van der Waals surface area contributed by atoms with Crippen molar-refractivity contribution in [2.75, 3.05) is 30.3 Å². The Morgan fingerprint density at radius 2 is 1.67 bits per heavy atom. The van der Waals surface area contributed by atoms with Crippen molar-refractivity contribution in [1.82, 2.24) is 9.97 Å². The van der Waals surface area contributed by atoms with E-state index in [0.29, 0.717) is 6.54 Å². The largest absolute Gasteiger partial charge is 0.370 e. The van der Waals surface area contributed by atoms with E-state index >= 15 is 0 Å². The molecule has 0 unspecified atom stereocenters. The Balaban J connectivity index is 2.46. The van der Waals surface area contributed by atoms with Crippen molar-refractivity contribution in [1.29, 1.82) is 0 Å². The quantitative estimate of drug-likeness (QED) is 0.586. The molecule has 1 heterocycles. The Labute approximate surface area is 110 Å². The predicted octanol–water partition coefficient (Wildman–Crippen LogP) is 2.15. The number of hydrogen-bond acceptors (Lipinski definition) is 5. The minimum Gasteiger partial charge on any atom is -0.370 e. The molecule has 102 valence electrons. The highest BCUT2D eigenvalue weighted by atomic mass is 15.1. The van der Waals surface area contributed by atoms with Gasteiger partial charge in [-0.25, -0.2) is 9.97 Å². The molecular weight excluding hydrogens is 226 g/mol. The molecule has 5 nitrogen and oxygen atoms in total. The highest BCUT2D eigenvalue weighted by Crippen LogP contribution is 2.11. The second kappa shape index (κ2) is 8.69. The Morgan fingerprint density at radius 1 is 1.06 bits per heavy atom. The van der Waals surface area contributed by atoms with Crippen LogP contribution >= 0.6 is 0 Å². The van der Waals surface area contributed by atoms with Gasteiger partial charge in [0.05, 0.1) is 0 Å². The molecular formula is C13H25N5. The number of nitrogens with two attached hydrogens (primary N) is 1. The van der Waals surface area contributed by atoms with Crippen molar-refractivity contribution in [2.45, 2.75) is 39.5 Å². The summed E-state index contributed by atoms with van der Waals surface area (Å²) in [6.45, 7) is 6.62. The molecule has 0 amide bonds. The van der Waals surface area contributed by atoms with Gasteiger partial charge in [-0.1, -0.05) is 19.8 Å². The van der Waals surface area contributed by atoms with Gasteiger partial charge in [0.2, 0.25) is 0 Å². The molecule has 1 rings (SSSR count). The van der Waals surface area contributed by atoms with Gasteiger partial charge < -0.3 is 16.4 Å². The minimum absolute atomic E-state index is 0.694. The summed E-state index contributed by atoms with van der Waals surface area (Å²) in [6.07, 6.45) is 4.60. The Bertz CT molecular complexity index is 340. The summed E-state index contributed by atoms with van der Waals surface area (Å²) in [5, 5.41) is 6.59. The normalized spacial score (nSPS) is 10.4. The van der Waals surface area contributed by atoms with Gasteiger partial charge in [-0.3, -0.25) is 0 Å². The smallest absolute Gasteiger partial charge is 0.131 e. The maximum atomic E-state index is 5.46. The molecule has 0 radical (unpaired) electrons. The maximum absolute atomic E-state index is 5.46. The fraction of sp³-hybridized carbons (Fsp3) is 0.692. The van der Waals surface area contributed by atoms with Crippen LogP contribution in [0.25, 0.3) is 0 Å². The number of unbranched alkanes of at least 4 members (excludes halogenated alkanes) is 2. The first-order valence-corrected chi connectivity index (χ1v) is 6.79. The average Bonchev–Trinajstić information content (AvgIpc) is 2.34. The van der Waals surface area contributed by atoms with E-state index in [9.17, 15) is 0 Å². The number of aryl methyl sites for hydroxylation is 1. The standard InChI is InChI=1S/C13H25N5/c1-3-4-5-8-15-12-10-13(16-9-6-7-14)18-11(2)17-12/h10H,3-9,14H2,1-2H3,(H2,15,16,17,18).